The second-order valence-corrected chi connectivity index (χ2v) is 10.3. The molecule has 1 aromatic heterocycles. The van der Waals surface area contributed by atoms with E-state index in [1.807, 2.05) is 77.4 Å². The number of carbonyl (C=O) groups is 1. The van der Waals surface area contributed by atoms with Crippen molar-refractivity contribution in [3.63, 3.8) is 0 Å². The second kappa shape index (κ2) is 12.6. The molecule has 8 heteroatoms. The number of benzene rings is 3. The number of carbonyl (C=O) groups excluding carboxylic acids is 1. The fourth-order valence-electron chi connectivity index (χ4n) is 4.60. The van der Waals surface area contributed by atoms with Gasteiger partial charge in [-0.2, -0.15) is 5.10 Å². The van der Waals surface area contributed by atoms with Gasteiger partial charge in [0.05, 0.1) is 5.69 Å². The van der Waals surface area contributed by atoms with Gasteiger partial charge in [-0.15, -0.1) is 10.2 Å². The minimum atomic E-state index is -0.170. The number of hydrazone groups is 1. The Morgan fingerprint density at radius 2 is 1.63 bits per heavy atom. The highest BCUT2D eigenvalue weighted by Gasteiger charge is 2.20. The number of ether oxygens (including phenoxy) is 1. The fraction of sp³-hybridized carbons (Fsp3) is 0.267. The molecule has 4 aromatic rings. The Bertz CT molecular complexity index is 1370. The molecule has 38 heavy (non-hydrogen) atoms. The topological polar surface area (TPSA) is 81.4 Å². The van der Waals surface area contributed by atoms with E-state index in [0.717, 1.165) is 17.1 Å². The van der Waals surface area contributed by atoms with Gasteiger partial charge in [-0.25, -0.2) is 0 Å². The van der Waals surface area contributed by atoms with Crippen LogP contribution in [0.2, 0.25) is 0 Å². The quantitative estimate of drug-likeness (QED) is 0.110. The van der Waals surface area contributed by atoms with E-state index in [4.69, 9.17) is 4.74 Å². The van der Waals surface area contributed by atoms with Gasteiger partial charge in [0, 0.05) is 12.6 Å². The van der Waals surface area contributed by atoms with E-state index in [2.05, 4.69) is 32.9 Å². The molecule has 1 saturated carbocycles. The summed E-state index contributed by atoms with van der Waals surface area (Å²) >= 11 is 1.17. The molecule has 1 aliphatic rings. The SMILES string of the molecule is CC(=O)C(=NNc1ccccc1)Sc1nnc(COc2ccc(C3CCCCC3)cc2)n1-c1ccccc1. The summed E-state index contributed by atoms with van der Waals surface area (Å²) in [7, 11) is 0. The van der Waals surface area contributed by atoms with E-state index in [1.54, 1.807) is 0 Å². The van der Waals surface area contributed by atoms with Crippen LogP contribution < -0.4 is 10.2 Å². The van der Waals surface area contributed by atoms with Crippen molar-refractivity contribution in [2.24, 2.45) is 5.10 Å². The van der Waals surface area contributed by atoms with Gasteiger partial charge in [0.15, 0.2) is 16.7 Å². The third kappa shape index (κ3) is 6.50. The molecule has 5 rings (SSSR count). The van der Waals surface area contributed by atoms with E-state index in [9.17, 15) is 4.79 Å². The third-order valence-corrected chi connectivity index (χ3v) is 7.61. The maximum absolute atomic E-state index is 12.4. The van der Waals surface area contributed by atoms with Crippen LogP contribution in [0.5, 0.6) is 5.75 Å². The van der Waals surface area contributed by atoms with Crippen LogP contribution in [-0.2, 0) is 11.4 Å². The predicted molar refractivity (Wildman–Crippen MR) is 152 cm³/mol. The van der Waals surface area contributed by atoms with Gasteiger partial charge in [0.1, 0.15) is 12.4 Å². The summed E-state index contributed by atoms with van der Waals surface area (Å²) in [6, 6.07) is 27.8. The highest BCUT2D eigenvalue weighted by Crippen LogP contribution is 2.33. The van der Waals surface area contributed by atoms with Crippen LogP contribution in [0.25, 0.3) is 5.69 Å². The number of thioether (sulfide) groups is 1. The highest BCUT2D eigenvalue weighted by molar-refractivity contribution is 8.15. The minimum Gasteiger partial charge on any atom is -0.486 e. The first-order valence-corrected chi connectivity index (χ1v) is 13.8. The number of para-hydroxylation sites is 2. The molecule has 0 unspecified atom stereocenters. The van der Waals surface area contributed by atoms with Crippen LogP contribution in [0.4, 0.5) is 5.69 Å². The molecule has 194 valence electrons. The van der Waals surface area contributed by atoms with E-state index < -0.39 is 0 Å². The number of hydrogen-bond acceptors (Lipinski definition) is 7. The summed E-state index contributed by atoms with van der Waals surface area (Å²) in [4.78, 5) is 12.4. The van der Waals surface area contributed by atoms with E-state index in [0.29, 0.717) is 16.9 Å². The molecule has 0 radical (unpaired) electrons. The number of aromatic nitrogens is 3. The molecule has 0 aliphatic heterocycles. The molecule has 3 aromatic carbocycles. The maximum atomic E-state index is 12.4. The fourth-order valence-corrected chi connectivity index (χ4v) is 5.40. The summed E-state index contributed by atoms with van der Waals surface area (Å²) in [5, 5.41) is 14.0. The Labute approximate surface area is 227 Å². The zero-order valence-corrected chi connectivity index (χ0v) is 22.2. The summed E-state index contributed by atoms with van der Waals surface area (Å²) in [5.41, 5.74) is 6.01. The van der Waals surface area contributed by atoms with Crippen molar-refractivity contribution in [1.29, 1.82) is 0 Å². The van der Waals surface area contributed by atoms with E-state index >= 15 is 0 Å². The summed E-state index contributed by atoms with van der Waals surface area (Å²) in [6.07, 6.45) is 6.53. The van der Waals surface area contributed by atoms with Gasteiger partial charge in [0.2, 0.25) is 5.16 Å². The molecule has 1 heterocycles. The molecular weight excluding hydrogens is 494 g/mol. The minimum absolute atomic E-state index is 0.170. The zero-order valence-electron chi connectivity index (χ0n) is 21.4. The van der Waals surface area contributed by atoms with E-state index in [-0.39, 0.29) is 17.4 Å². The van der Waals surface area contributed by atoms with E-state index in [1.165, 1.54) is 56.4 Å². The van der Waals surface area contributed by atoms with Crippen molar-refractivity contribution in [3.05, 3.63) is 96.3 Å². The van der Waals surface area contributed by atoms with Crippen molar-refractivity contribution in [1.82, 2.24) is 14.8 Å². The number of Topliss-reactive ketones (excluding diaryl/α,β-unsaturated/α-hetero) is 1. The van der Waals surface area contributed by atoms with Gasteiger partial charge >= 0.3 is 0 Å². The Morgan fingerprint density at radius 3 is 2.32 bits per heavy atom. The third-order valence-electron chi connectivity index (χ3n) is 6.59. The number of ketones is 1. The number of nitrogens with one attached hydrogen (secondary N) is 1. The molecule has 0 atom stereocenters. The monoisotopic (exact) mass is 525 g/mol. The second-order valence-electron chi connectivity index (χ2n) is 9.32. The molecule has 0 spiro atoms. The average molecular weight is 526 g/mol. The molecule has 1 aliphatic carbocycles. The van der Waals surface area contributed by atoms with Crippen molar-refractivity contribution in [2.75, 3.05) is 5.43 Å². The van der Waals surface area contributed by atoms with Crippen LogP contribution in [0.1, 0.15) is 56.3 Å². The molecule has 0 saturated heterocycles. The first-order valence-electron chi connectivity index (χ1n) is 13.0. The Morgan fingerprint density at radius 1 is 0.947 bits per heavy atom. The first kappa shape index (κ1) is 25.7. The van der Waals surface area contributed by atoms with Gasteiger partial charge < -0.3 is 4.74 Å². The average Bonchev–Trinajstić information content (AvgIpc) is 3.38. The zero-order chi connectivity index (χ0) is 26.2. The van der Waals surface area contributed by atoms with Gasteiger partial charge in [0.25, 0.3) is 0 Å². The lowest BCUT2D eigenvalue weighted by atomic mass is 9.84. The van der Waals surface area contributed by atoms with Crippen molar-refractivity contribution in [2.45, 2.75) is 56.7 Å². The van der Waals surface area contributed by atoms with Crippen LogP contribution in [0.3, 0.4) is 0 Å². The predicted octanol–water partition coefficient (Wildman–Crippen LogP) is 7.00. The van der Waals surface area contributed by atoms with Crippen molar-refractivity contribution >= 4 is 28.3 Å². The molecule has 7 nitrogen and oxygen atoms in total. The molecular formula is C30H31N5O2S. The normalized spacial score (nSPS) is 14.3. The smallest absolute Gasteiger partial charge is 0.202 e. The largest absolute Gasteiger partial charge is 0.486 e. The van der Waals surface area contributed by atoms with Crippen molar-refractivity contribution < 1.29 is 9.53 Å². The lowest BCUT2D eigenvalue weighted by Crippen LogP contribution is -2.11. The molecule has 1 fully saturated rings. The maximum Gasteiger partial charge on any atom is 0.202 e. The summed E-state index contributed by atoms with van der Waals surface area (Å²) < 4.78 is 8.03. The Kier molecular flexibility index (Phi) is 8.50. The van der Waals surface area contributed by atoms with Gasteiger partial charge in [-0.05, 0) is 72.5 Å². The molecule has 1 N–H and O–H groups in total. The van der Waals surface area contributed by atoms with Gasteiger partial charge in [-0.3, -0.25) is 14.8 Å². The Balaban J connectivity index is 1.34. The van der Waals surface area contributed by atoms with Crippen LogP contribution >= 0.6 is 11.8 Å². The summed E-state index contributed by atoms with van der Waals surface area (Å²) in [6.45, 7) is 1.72. The highest BCUT2D eigenvalue weighted by atomic mass is 32.2. The first-order chi connectivity index (χ1) is 18.7. The van der Waals surface area contributed by atoms with Crippen molar-refractivity contribution in [3.8, 4) is 11.4 Å². The number of anilines is 1. The number of nitrogens with zero attached hydrogens (tertiary/aromatic N) is 4. The standard InChI is InChI=1S/C30H31N5O2S/c1-22(36)29(33-31-25-13-7-3-8-14-25)38-30-34-32-28(35(30)26-15-9-4-10-16-26)21-37-27-19-17-24(18-20-27)23-11-5-2-6-12-23/h3-4,7-10,13-20,23,31H,2,5-6,11-12,21H2,1H3. The van der Waals surface area contributed by atoms with Gasteiger partial charge in [-0.1, -0.05) is 67.8 Å². The molecule has 0 bridgehead atoms. The number of hydrogen-bond donors (Lipinski definition) is 1. The Hall–Kier alpha value is -3.91. The molecule has 0 amide bonds. The number of rotatable bonds is 9. The lowest BCUT2D eigenvalue weighted by molar-refractivity contribution is -0.110. The van der Waals surface area contributed by atoms with Crippen LogP contribution in [0.15, 0.2) is 95.2 Å². The van der Waals surface area contributed by atoms with Crippen LogP contribution in [0, 0.1) is 0 Å². The summed E-state index contributed by atoms with van der Waals surface area (Å²) in [5.74, 6) is 1.91. The van der Waals surface area contributed by atoms with Crippen LogP contribution in [-0.4, -0.2) is 25.6 Å². The lowest BCUT2D eigenvalue weighted by Gasteiger charge is -2.22.